The minimum absolute atomic E-state index is 0.106. The summed E-state index contributed by atoms with van der Waals surface area (Å²) in [5, 5.41) is 5.54. The number of nitrogens with one attached hydrogen (secondary N) is 1. The Balaban J connectivity index is 1.65. The molecule has 1 atom stereocenters. The predicted molar refractivity (Wildman–Crippen MR) is 145 cm³/mol. The summed E-state index contributed by atoms with van der Waals surface area (Å²) in [5.74, 6) is -0.917. The molecule has 4 rings (SSSR count). The number of allylic oxidation sites excluding steroid dienone is 1. The molecule has 0 saturated carbocycles. The summed E-state index contributed by atoms with van der Waals surface area (Å²) in [4.78, 5) is 33.1. The van der Waals surface area contributed by atoms with Crippen LogP contribution in [0.2, 0.25) is 0 Å². The number of aliphatic imine (C=N–C) groups is 1. The molecule has 6 nitrogen and oxygen atoms in total. The normalized spacial score (nSPS) is 17.3. The molecular formula is C29H32FN3O3S. The number of hydrogen-bond acceptors (Lipinski definition) is 6. The van der Waals surface area contributed by atoms with Gasteiger partial charge in [-0.15, -0.1) is 0 Å². The molecule has 0 aliphatic carbocycles. The molecule has 0 saturated heterocycles. The van der Waals surface area contributed by atoms with Crippen molar-refractivity contribution in [3.05, 3.63) is 92.9 Å². The first-order valence-corrected chi connectivity index (χ1v) is 13.1. The molecule has 0 spiro atoms. The average Bonchev–Trinajstić information content (AvgIpc) is 3.20. The summed E-state index contributed by atoms with van der Waals surface area (Å²) in [7, 11) is 0. The van der Waals surface area contributed by atoms with E-state index in [0.717, 1.165) is 33.1 Å². The number of benzene rings is 2. The number of amidine groups is 1. The lowest BCUT2D eigenvalue weighted by Gasteiger charge is -2.37. The highest BCUT2D eigenvalue weighted by molar-refractivity contribution is 8.16. The standard InChI is InChI=1S/C29H32FN3O3S/c1-17-7-8-18(2)23(13-17)26-25(27(35)36-29(4,5)6)19(3)32-28-33(26)22(16-37-28)14-24(34)31-15-20-9-11-21(30)12-10-20/h7-13,16,26H,14-15H2,1-6H3,(H,31,34)/t26-/m0/s1. The average molecular weight is 522 g/mol. The molecule has 1 N–H and O–H groups in total. The van der Waals surface area contributed by atoms with Crippen LogP contribution >= 0.6 is 11.8 Å². The first-order chi connectivity index (χ1) is 17.4. The highest BCUT2D eigenvalue weighted by atomic mass is 32.2. The molecule has 2 aromatic rings. The van der Waals surface area contributed by atoms with Crippen LogP contribution in [0.4, 0.5) is 4.39 Å². The van der Waals surface area contributed by atoms with Gasteiger partial charge in [0.05, 0.1) is 23.7 Å². The number of hydrogen-bond donors (Lipinski definition) is 1. The van der Waals surface area contributed by atoms with Gasteiger partial charge in [0.1, 0.15) is 11.4 Å². The minimum Gasteiger partial charge on any atom is -0.456 e. The topological polar surface area (TPSA) is 71.0 Å². The Kier molecular flexibility index (Phi) is 7.59. The fourth-order valence-corrected chi connectivity index (χ4v) is 5.31. The number of nitrogens with zero attached hydrogens (tertiary/aromatic N) is 2. The zero-order valence-corrected chi connectivity index (χ0v) is 22.8. The van der Waals surface area contributed by atoms with Gasteiger partial charge < -0.3 is 15.0 Å². The molecule has 0 fully saturated rings. The zero-order valence-electron chi connectivity index (χ0n) is 22.0. The number of aryl methyl sites for hydroxylation is 2. The first kappa shape index (κ1) is 26.7. The summed E-state index contributed by atoms with van der Waals surface area (Å²) in [6, 6.07) is 11.7. The summed E-state index contributed by atoms with van der Waals surface area (Å²) >= 11 is 1.44. The van der Waals surface area contributed by atoms with Gasteiger partial charge in [0, 0.05) is 12.2 Å². The maximum atomic E-state index is 13.5. The molecule has 194 valence electrons. The first-order valence-electron chi connectivity index (χ1n) is 12.2. The van der Waals surface area contributed by atoms with Gasteiger partial charge in [-0.1, -0.05) is 47.7 Å². The highest BCUT2D eigenvalue weighted by Crippen LogP contribution is 2.46. The van der Waals surface area contributed by atoms with Gasteiger partial charge in [-0.3, -0.25) is 4.79 Å². The second-order valence-electron chi connectivity index (χ2n) is 10.3. The number of fused-ring (bicyclic) bond motifs is 1. The van der Waals surface area contributed by atoms with Crippen molar-refractivity contribution in [2.45, 2.75) is 66.2 Å². The van der Waals surface area contributed by atoms with E-state index in [0.29, 0.717) is 17.8 Å². The number of esters is 1. The summed E-state index contributed by atoms with van der Waals surface area (Å²) < 4.78 is 19.0. The molecule has 0 aromatic heterocycles. The van der Waals surface area contributed by atoms with Crippen LogP contribution in [0.15, 0.2) is 69.8 Å². The SMILES string of the molecule is CC1=C(C(=O)OC(C)(C)C)[C@H](c2cc(C)ccc2C)N2C(CC(=O)NCc3ccc(F)cc3)=CSC2=N1. The Labute approximate surface area is 221 Å². The summed E-state index contributed by atoms with van der Waals surface area (Å²) in [6.07, 6.45) is 0.106. The third-order valence-corrected chi connectivity index (χ3v) is 6.98. The second-order valence-corrected chi connectivity index (χ2v) is 11.2. The second kappa shape index (κ2) is 10.5. The van der Waals surface area contributed by atoms with E-state index in [1.54, 1.807) is 12.1 Å². The smallest absolute Gasteiger partial charge is 0.338 e. The van der Waals surface area contributed by atoms with Crippen molar-refractivity contribution in [3.8, 4) is 0 Å². The number of ether oxygens (including phenoxy) is 1. The molecular weight excluding hydrogens is 489 g/mol. The van der Waals surface area contributed by atoms with Gasteiger partial charge >= 0.3 is 5.97 Å². The third kappa shape index (κ3) is 6.13. The minimum atomic E-state index is -0.667. The predicted octanol–water partition coefficient (Wildman–Crippen LogP) is 6.07. The lowest BCUT2D eigenvalue weighted by Crippen LogP contribution is -2.39. The number of halogens is 1. The van der Waals surface area contributed by atoms with E-state index in [-0.39, 0.29) is 18.1 Å². The van der Waals surface area contributed by atoms with Crippen molar-refractivity contribution in [1.29, 1.82) is 0 Å². The lowest BCUT2D eigenvalue weighted by atomic mass is 9.89. The molecule has 2 aliphatic heterocycles. The quantitative estimate of drug-likeness (QED) is 0.468. The Morgan fingerprint density at radius 1 is 1.11 bits per heavy atom. The van der Waals surface area contributed by atoms with E-state index in [1.165, 1.54) is 23.9 Å². The van der Waals surface area contributed by atoms with Crippen LogP contribution in [-0.4, -0.2) is 27.5 Å². The van der Waals surface area contributed by atoms with Crippen molar-refractivity contribution < 1.29 is 18.7 Å². The van der Waals surface area contributed by atoms with Crippen LogP contribution in [0.25, 0.3) is 0 Å². The largest absolute Gasteiger partial charge is 0.456 e. The van der Waals surface area contributed by atoms with Gasteiger partial charge in [0.15, 0.2) is 5.17 Å². The van der Waals surface area contributed by atoms with Crippen LogP contribution in [0, 0.1) is 19.7 Å². The summed E-state index contributed by atoms with van der Waals surface area (Å²) in [6.45, 7) is 11.7. The molecule has 1 amide bonds. The van der Waals surface area contributed by atoms with Crippen molar-refractivity contribution in [2.24, 2.45) is 4.99 Å². The zero-order chi connectivity index (χ0) is 26.9. The van der Waals surface area contributed by atoms with Crippen molar-refractivity contribution in [3.63, 3.8) is 0 Å². The fraction of sp³-hybridized carbons (Fsp3) is 0.345. The van der Waals surface area contributed by atoms with E-state index in [4.69, 9.17) is 9.73 Å². The van der Waals surface area contributed by atoms with Crippen LogP contribution in [-0.2, 0) is 20.9 Å². The maximum Gasteiger partial charge on any atom is 0.338 e. The van der Waals surface area contributed by atoms with Crippen molar-refractivity contribution >= 4 is 28.8 Å². The van der Waals surface area contributed by atoms with Crippen molar-refractivity contribution in [2.75, 3.05) is 0 Å². The Hall–Kier alpha value is -3.39. The van der Waals surface area contributed by atoms with Gasteiger partial charge in [0.2, 0.25) is 5.91 Å². The van der Waals surface area contributed by atoms with Gasteiger partial charge in [-0.2, -0.15) is 0 Å². The highest BCUT2D eigenvalue weighted by Gasteiger charge is 2.42. The molecule has 2 heterocycles. The number of carbonyl (C=O) groups is 2. The number of amides is 1. The summed E-state index contributed by atoms with van der Waals surface area (Å²) in [5.41, 5.74) is 5.03. The van der Waals surface area contributed by atoms with Gasteiger partial charge in [0.25, 0.3) is 0 Å². The van der Waals surface area contributed by atoms with Crippen LogP contribution in [0.1, 0.15) is 62.4 Å². The number of thioether (sulfide) groups is 1. The van der Waals surface area contributed by atoms with E-state index >= 15 is 0 Å². The Bertz CT molecular complexity index is 1320. The van der Waals surface area contributed by atoms with E-state index in [9.17, 15) is 14.0 Å². The monoisotopic (exact) mass is 521 g/mol. The third-order valence-electron chi connectivity index (χ3n) is 6.09. The van der Waals surface area contributed by atoms with Gasteiger partial charge in [-0.05, 0) is 75.8 Å². The fourth-order valence-electron chi connectivity index (χ4n) is 4.34. The van der Waals surface area contributed by atoms with Crippen molar-refractivity contribution in [1.82, 2.24) is 10.2 Å². The molecule has 2 aliphatic rings. The Morgan fingerprint density at radius 3 is 2.49 bits per heavy atom. The Morgan fingerprint density at radius 2 is 1.81 bits per heavy atom. The molecule has 37 heavy (non-hydrogen) atoms. The van der Waals surface area contributed by atoms with Crippen LogP contribution in [0.5, 0.6) is 0 Å². The molecule has 0 radical (unpaired) electrons. The lowest BCUT2D eigenvalue weighted by molar-refractivity contribution is -0.150. The number of rotatable bonds is 6. The van der Waals surface area contributed by atoms with E-state index in [1.807, 2.05) is 64.0 Å². The van der Waals surface area contributed by atoms with Gasteiger partial charge in [-0.25, -0.2) is 14.2 Å². The molecule has 0 unspecified atom stereocenters. The maximum absolute atomic E-state index is 13.5. The molecule has 8 heteroatoms. The molecule has 2 aromatic carbocycles. The van der Waals surface area contributed by atoms with Crippen LogP contribution in [0.3, 0.4) is 0 Å². The van der Waals surface area contributed by atoms with E-state index in [2.05, 4.69) is 11.4 Å². The van der Waals surface area contributed by atoms with Crippen LogP contribution < -0.4 is 5.32 Å². The molecule has 0 bridgehead atoms. The number of carbonyl (C=O) groups excluding carboxylic acids is 2. The van der Waals surface area contributed by atoms with E-state index < -0.39 is 17.6 Å².